The van der Waals surface area contributed by atoms with Crippen molar-refractivity contribution >= 4 is 5.97 Å². The molecule has 0 saturated carbocycles. The number of carbonyl (C=O) groups is 1. The summed E-state index contributed by atoms with van der Waals surface area (Å²) in [7, 11) is 0.934. The van der Waals surface area contributed by atoms with Gasteiger partial charge in [0.05, 0.1) is 7.11 Å². The number of nitrogens with one attached hydrogen (secondary N) is 1. The molecule has 8 heteroatoms. The van der Waals surface area contributed by atoms with Crippen LogP contribution in [-0.4, -0.2) is 23.0 Å². The van der Waals surface area contributed by atoms with Gasteiger partial charge in [-0.1, -0.05) is 0 Å². The van der Waals surface area contributed by atoms with E-state index in [0.717, 1.165) is 7.11 Å². The van der Waals surface area contributed by atoms with Crippen LogP contribution in [-0.2, 0) is 10.9 Å². The van der Waals surface area contributed by atoms with Crippen LogP contribution < -0.4 is 5.56 Å². The molecule has 1 heterocycles. The third kappa shape index (κ3) is 2.33. The Balaban J connectivity index is 3.29. The number of hydrogen-bond acceptors (Lipinski definition) is 4. The van der Waals surface area contributed by atoms with Crippen molar-refractivity contribution in [3.05, 3.63) is 27.9 Å². The molecule has 0 aliphatic carbocycles. The first-order valence-corrected chi connectivity index (χ1v) is 3.61. The van der Waals surface area contributed by atoms with Crippen molar-refractivity contribution in [3.63, 3.8) is 0 Å². The van der Waals surface area contributed by atoms with Crippen LogP contribution in [0.3, 0.4) is 0 Å². The Hall–Kier alpha value is -1.86. The van der Waals surface area contributed by atoms with Crippen LogP contribution in [0.5, 0.6) is 0 Å². The number of methoxy groups -OCH3 is 1. The minimum Gasteiger partial charge on any atom is -0.464 e. The van der Waals surface area contributed by atoms with E-state index in [1.807, 2.05) is 0 Å². The lowest BCUT2D eigenvalue weighted by atomic mass is 10.4. The Morgan fingerprint density at radius 1 is 1.53 bits per heavy atom. The highest BCUT2D eigenvalue weighted by Gasteiger charge is 2.34. The van der Waals surface area contributed by atoms with E-state index >= 15 is 0 Å². The smallest absolute Gasteiger partial charge is 0.434 e. The van der Waals surface area contributed by atoms with Gasteiger partial charge in [-0.3, -0.25) is 4.79 Å². The van der Waals surface area contributed by atoms with E-state index in [1.165, 1.54) is 0 Å². The van der Waals surface area contributed by atoms with Gasteiger partial charge in [0.15, 0.2) is 5.69 Å². The third-order valence-electron chi connectivity index (χ3n) is 1.46. The molecule has 82 valence electrons. The summed E-state index contributed by atoms with van der Waals surface area (Å²) in [5.41, 5.74) is -3.32. The zero-order chi connectivity index (χ0) is 11.6. The molecule has 0 bridgehead atoms. The molecular weight excluding hydrogens is 217 g/mol. The Labute approximate surface area is 80.9 Å². The number of rotatable bonds is 1. The van der Waals surface area contributed by atoms with Gasteiger partial charge in [-0.05, 0) is 0 Å². The van der Waals surface area contributed by atoms with Gasteiger partial charge in [0, 0.05) is 6.20 Å². The lowest BCUT2D eigenvalue weighted by molar-refractivity contribution is -0.141. The molecule has 0 fully saturated rings. The van der Waals surface area contributed by atoms with Crippen LogP contribution in [0.15, 0.2) is 11.0 Å². The van der Waals surface area contributed by atoms with E-state index < -0.39 is 29.1 Å². The summed E-state index contributed by atoms with van der Waals surface area (Å²) in [6.07, 6.45) is -4.35. The number of alkyl halides is 3. The van der Waals surface area contributed by atoms with Gasteiger partial charge in [0.2, 0.25) is 5.69 Å². The number of aromatic nitrogens is 2. The summed E-state index contributed by atoms with van der Waals surface area (Å²) in [6, 6.07) is 0. The number of halogens is 3. The highest BCUT2D eigenvalue weighted by atomic mass is 19.4. The van der Waals surface area contributed by atoms with E-state index in [2.05, 4.69) is 9.72 Å². The summed E-state index contributed by atoms with van der Waals surface area (Å²) in [5.74, 6) is -1.22. The number of hydrogen-bond donors (Lipinski definition) is 1. The fourth-order valence-electron chi connectivity index (χ4n) is 0.786. The fourth-order valence-corrected chi connectivity index (χ4v) is 0.786. The first-order chi connectivity index (χ1) is 6.86. The number of ether oxygens (including phenoxy) is 1. The summed E-state index contributed by atoms with van der Waals surface area (Å²) >= 11 is 0. The normalized spacial score (nSPS) is 11.2. The molecule has 0 unspecified atom stereocenters. The Kier molecular flexibility index (Phi) is 2.78. The van der Waals surface area contributed by atoms with Crippen molar-refractivity contribution in [2.75, 3.05) is 7.11 Å². The van der Waals surface area contributed by atoms with E-state index in [-0.39, 0.29) is 0 Å². The Morgan fingerprint density at radius 3 is 2.60 bits per heavy atom. The van der Waals surface area contributed by atoms with Crippen LogP contribution in [0, 0.1) is 0 Å². The van der Waals surface area contributed by atoms with Crippen LogP contribution in [0.25, 0.3) is 0 Å². The summed E-state index contributed by atoms with van der Waals surface area (Å²) < 4.78 is 40.5. The molecule has 1 rings (SSSR count). The average molecular weight is 222 g/mol. The molecule has 0 atom stereocenters. The minimum absolute atomic E-state index is 0.384. The zero-order valence-electron chi connectivity index (χ0n) is 7.38. The Morgan fingerprint density at radius 2 is 2.13 bits per heavy atom. The maximum Gasteiger partial charge on any atom is 0.434 e. The minimum atomic E-state index is -4.73. The quantitative estimate of drug-likeness (QED) is 0.705. The lowest BCUT2D eigenvalue weighted by Gasteiger charge is -2.05. The van der Waals surface area contributed by atoms with Crippen LogP contribution in [0.4, 0.5) is 13.2 Å². The SMILES string of the molecule is COC(=O)c1nc(C(F)(F)F)c[nH]c1=O. The first kappa shape index (κ1) is 11.2. The first-order valence-electron chi connectivity index (χ1n) is 3.61. The highest BCUT2D eigenvalue weighted by Crippen LogP contribution is 2.26. The number of esters is 1. The lowest BCUT2D eigenvalue weighted by Crippen LogP contribution is -2.24. The second-order valence-corrected chi connectivity index (χ2v) is 2.45. The third-order valence-corrected chi connectivity index (χ3v) is 1.46. The van der Waals surface area contributed by atoms with Crippen molar-refractivity contribution in [3.8, 4) is 0 Å². The van der Waals surface area contributed by atoms with Gasteiger partial charge in [0.1, 0.15) is 0 Å². The average Bonchev–Trinajstić information content (AvgIpc) is 2.15. The largest absolute Gasteiger partial charge is 0.464 e. The van der Waals surface area contributed by atoms with Gasteiger partial charge >= 0.3 is 12.1 Å². The second kappa shape index (κ2) is 3.71. The zero-order valence-corrected chi connectivity index (χ0v) is 7.38. The van der Waals surface area contributed by atoms with Crippen molar-refractivity contribution in [1.29, 1.82) is 0 Å². The molecular formula is C7H5F3N2O3. The summed E-state index contributed by atoms with van der Waals surface area (Å²) in [5, 5.41) is 0. The van der Waals surface area contributed by atoms with E-state index in [9.17, 15) is 22.8 Å². The van der Waals surface area contributed by atoms with Crippen molar-refractivity contribution in [2.45, 2.75) is 6.18 Å². The number of nitrogens with zero attached hydrogens (tertiary/aromatic N) is 1. The van der Waals surface area contributed by atoms with Gasteiger partial charge in [-0.15, -0.1) is 0 Å². The predicted octanol–water partition coefficient (Wildman–Crippen LogP) is 0.575. The monoisotopic (exact) mass is 222 g/mol. The maximum absolute atomic E-state index is 12.1. The molecule has 0 aromatic carbocycles. The predicted molar refractivity (Wildman–Crippen MR) is 41.2 cm³/mol. The number of carbonyl (C=O) groups excluding carboxylic acids is 1. The number of H-pyrrole nitrogens is 1. The van der Waals surface area contributed by atoms with Gasteiger partial charge in [-0.25, -0.2) is 9.78 Å². The second-order valence-electron chi connectivity index (χ2n) is 2.45. The van der Waals surface area contributed by atoms with Crippen molar-refractivity contribution < 1.29 is 22.7 Å². The molecule has 0 spiro atoms. The maximum atomic E-state index is 12.1. The van der Waals surface area contributed by atoms with Crippen molar-refractivity contribution in [2.24, 2.45) is 0 Å². The molecule has 1 aromatic heterocycles. The molecule has 1 aromatic rings. The standard InChI is InChI=1S/C7H5F3N2O3/c1-15-6(14)4-5(13)11-2-3(12-4)7(8,9)10/h2H,1H3,(H,11,13). The summed E-state index contributed by atoms with van der Waals surface area (Å²) in [4.78, 5) is 26.4. The van der Waals surface area contributed by atoms with E-state index in [1.54, 1.807) is 4.98 Å². The molecule has 5 nitrogen and oxygen atoms in total. The number of aromatic amines is 1. The van der Waals surface area contributed by atoms with Gasteiger partial charge in [0.25, 0.3) is 5.56 Å². The van der Waals surface area contributed by atoms with Gasteiger partial charge < -0.3 is 9.72 Å². The molecule has 0 aliphatic rings. The fraction of sp³-hybridized carbons (Fsp3) is 0.286. The molecule has 0 aliphatic heterocycles. The van der Waals surface area contributed by atoms with Crippen LogP contribution in [0.1, 0.15) is 16.2 Å². The van der Waals surface area contributed by atoms with Crippen LogP contribution >= 0.6 is 0 Å². The van der Waals surface area contributed by atoms with Crippen molar-refractivity contribution in [1.82, 2.24) is 9.97 Å². The molecule has 15 heavy (non-hydrogen) atoms. The molecule has 1 N–H and O–H groups in total. The van der Waals surface area contributed by atoms with E-state index in [4.69, 9.17) is 0 Å². The summed E-state index contributed by atoms with van der Waals surface area (Å²) in [6.45, 7) is 0. The topological polar surface area (TPSA) is 72.0 Å². The van der Waals surface area contributed by atoms with Crippen LogP contribution in [0.2, 0.25) is 0 Å². The van der Waals surface area contributed by atoms with E-state index in [0.29, 0.717) is 6.20 Å². The Bertz CT molecular complexity index is 438. The molecule has 0 amide bonds. The molecule has 0 saturated heterocycles. The molecule has 0 radical (unpaired) electrons. The highest BCUT2D eigenvalue weighted by molar-refractivity contribution is 5.86. The van der Waals surface area contributed by atoms with Gasteiger partial charge in [-0.2, -0.15) is 13.2 Å².